The predicted octanol–water partition coefficient (Wildman–Crippen LogP) is 2.58. The van der Waals surface area contributed by atoms with Crippen LogP contribution in [0.3, 0.4) is 0 Å². The summed E-state index contributed by atoms with van der Waals surface area (Å²) in [6.07, 6.45) is 3.44. The lowest BCUT2D eigenvalue weighted by Gasteiger charge is -2.03. The Hall–Kier alpha value is -2.67. The summed E-state index contributed by atoms with van der Waals surface area (Å²) in [4.78, 5) is 20.3. The van der Waals surface area contributed by atoms with Crippen LogP contribution in [0, 0.1) is 6.92 Å². The molecule has 2 heterocycles. The Morgan fingerprint density at radius 1 is 1.25 bits per heavy atom. The zero-order chi connectivity index (χ0) is 16.8. The standard InChI is InChI=1S/C17H17N5OS/c1-12-4-6-14(7-5-12)16-20-17(22-21-16)24-11-15(23)19-10-13-3-2-8-18-9-13/h2-9H,10-11H2,1H3,(H,19,23)(H,20,21,22). The quantitative estimate of drug-likeness (QED) is 0.675. The molecule has 0 aliphatic heterocycles. The average Bonchev–Trinajstić information content (AvgIpc) is 3.09. The largest absolute Gasteiger partial charge is 0.351 e. The Morgan fingerprint density at radius 3 is 2.83 bits per heavy atom. The van der Waals surface area contributed by atoms with Crippen LogP contribution in [-0.4, -0.2) is 31.8 Å². The fourth-order valence-electron chi connectivity index (χ4n) is 2.04. The number of hydrogen-bond acceptors (Lipinski definition) is 5. The summed E-state index contributed by atoms with van der Waals surface area (Å²) in [7, 11) is 0. The minimum absolute atomic E-state index is 0.0643. The highest BCUT2D eigenvalue weighted by molar-refractivity contribution is 7.99. The molecule has 0 radical (unpaired) electrons. The minimum Gasteiger partial charge on any atom is -0.351 e. The van der Waals surface area contributed by atoms with Gasteiger partial charge in [-0.1, -0.05) is 47.7 Å². The number of thioether (sulfide) groups is 1. The molecule has 3 rings (SSSR count). The first-order chi connectivity index (χ1) is 11.7. The Bertz CT molecular complexity index is 801. The molecule has 0 aliphatic rings. The van der Waals surface area contributed by atoms with E-state index < -0.39 is 0 Å². The Labute approximate surface area is 144 Å². The molecule has 0 saturated heterocycles. The number of nitrogens with one attached hydrogen (secondary N) is 2. The second-order valence-corrected chi connectivity index (χ2v) is 6.20. The van der Waals surface area contributed by atoms with Crippen LogP contribution in [0.15, 0.2) is 53.9 Å². The summed E-state index contributed by atoms with van der Waals surface area (Å²) >= 11 is 1.30. The van der Waals surface area contributed by atoms with Gasteiger partial charge in [-0.2, -0.15) is 0 Å². The number of carbonyl (C=O) groups is 1. The van der Waals surface area contributed by atoms with Crippen molar-refractivity contribution in [3.05, 3.63) is 59.9 Å². The molecule has 7 heteroatoms. The first kappa shape index (κ1) is 16.2. The summed E-state index contributed by atoms with van der Waals surface area (Å²) in [5, 5.41) is 10.4. The molecule has 0 bridgehead atoms. The smallest absolute Gasteiger partial charge is 0.230 e. The summed E-state index contributed by atoms with van der Waals surface area (Å²) in [6, 6.07) is 11.8. The van der Waals surface area contributed by atoms with Gasteiger partial charge in [-0.25, -0.2) is 4.98 Å². The van der Waals surface area contributed by atoms with Crippen molar-refractivity contribution >= 4 is 17.7 Å². The molecule has 24 heavy (non-hydrogen) atoms. The lowest BCUT2D eigenvalue weighted by molar-refractivity contribution is -0.118. The number of nitrogens with zero attached hydrogens (tertiary/aromatic N) is 3. The average molecular weight is 339 g/mol. The first-order valence-electron chi connectivity index (χ1n) is 7.48. The van der Waals surface area contributed by atoms with E-state index in [9.17, 15) is 4.79 Å². The van der Waals surface area contributed by atoms with Crippen molar-refractivity contribution in [3.8, 4) is 11.4 Å². The highest BCUT2D eigenvalue weighted by Gasteiger charge is 2.09. The zero-order valence-corrected chi connectivity index (χ0v) is 14.0. The fraction of sp³-hybridized carbons (Fsp3) is 0.176. The van der Waals surface area contributed by atoms with Crippen LogP contribution in [0.5, 0.6) is 0 Å². The van der Waals surface area contributed by atoms with E-state index in [1.807, 2.05) is 43.3 Å². The number of pyridine rings is 1. The van der Waals surface area contributed by atoms with E-state index in [-0.39, 0.29) is 11.7 Å². The molecule has 0 saturated carbocycles. The molecule has 0 atom stereocenters. The van der Waals surface area contributed by atoms with Gasteiger partial charge < -0.3 is 5.32 Å². The molecular formula is C17H17N5OS. The molecule has 122 valence electrons. The molecule has 1 aromatic carbocycles. The summed E-state index contributed by atoms with van der Waals surface area (Å²) in [6.45, 7) is 2.51. The van der Waals surface area contributed by atoms with Gasteiger partial charge in [0.1, 0.15) is 0 Å². The maximum Gasteiger partial charge on any atom is 0.230 e. The minimum atomic E-state index is -0.0643. The van der Waals surface area contributed by atoms with Crippen molar-refractivity contribution in [1.82, 2.24) is 25.5 Å². The van der Waals surface area contributed by atoms with E-state index in [1.165, 1.54) is 17.3 Å². The third-order valence-electron chi connectivity index (χ3n) is 3.33. The van der Waals surface area contributed by atoms with Crippen LogP contribution in [0.25, 0.3) is 11.4 Å². The number of amides is 1. The molecule has 2 aromatic heterocycles. The van der Waals surface area contributed by atoms with E-state index >= 15 is 0 Å². The van der Waals surface area contributed by atoms with Gasteiger partial charge in [0, 0.05) is 24.5 Å². The van der Waals surface area contributed by atoms with Crippen molar-refractivity contribution in [3.63, 3.8) is 0 Å². The molecule has 0 unspecified atom stereocenters. The second-order valence-electron chi connectivity index (χ2n) is 5.26. The molecule has 2 N–H and O–H groups in total. The lowest BCUT2D eigenvalue weighted by atomic mass is 10.1. The van der Waals surface area contributed by atoms with Gasteiger partial charge in [-0.15, -0.1) is 5.10 Å². The van der Waals surface area contributed by atoms with Crippen molar-refractivity contribution in [2.45, 2.75) is 18.6 Å². The van der Waals surface area contributed by atoms with E-state index in [2.05, 4.69) is 25.5 Å². The Kier molecular flexibility index (Phi) is 5.22. The number of aromatic amines is 1. The Morgan fingerprint density at radius 2 is 2.08 bits per heavy atom. The number of rotatable bonds is 6. The van der Waals surface area contributed by atoms with Crippen molar-refractivity contribution < 1.29 is 4.79 Å². The second kappa shape index (κ2) is 7.74. The van der Waals surface area contributed by atoms with Crippen molar-refractivity contribution in [2.24, 2.45) is 0 Å². The molecular weight excluding hydrogens is 322 g/mol. The van der Waals surface area contributed by atoms with Gasteiger partial charge in [0.15, 0.2) is 5.82 Å². The van der Waals surface area contributed by atoms with E-state index in [0.29, 0.717) is 17.5 Å². The number of aryl methyl sites for hydroxylation is 1. The van der Waals surface area contributed by atoms with Crippen LogP contribution in [0.1, 0.15) is 11.1 Å². The van der Waals surface area contributed by atoms with E-state index in [1.54, 1.807) is 12.4 Å². The SMILES string of the molecule is Cc1ccc(-c2nc(SCC(=O)NCc3cccnc3)n[nH]2)cc1. The number of benzene rings is 1. The molecule has 3 aromatic rings. The van der Waals surface area contributed by atoms with E-state index in [0.717, 1.165) is 11.1 Å². The van der Waals surface area contributed by atoms with Crippen LogP contribution >= 0.6 is 11.8 Å². The van der Waals surface area contributed by atoms with Crippen molar-refractivity contribution in [2.75, 3.05) is 5.75 Å². The van der Waals surface area contributed by atoms with Gasteiger partial charge in [0.2, 0.25) is 11.1 Å². The fourth-order valence-corrected chi connectivity index (χ4v) is 2.66. The highest BCUT2D eigenvalue weighted by atomic mass is 32.2. The zero-order valence-electron chi connectivity index (χ0n) is 13.2. The molecule has 1 amide bonds. The molecule has 0 aliphatic carbocycles. The molecule has 0 spiro atoms. The normalized spacial score (nSPS) is 10.5. The number of H-pyrrole nitrogens is 1. The van der Waals surface area contributed by atoms with Crippen LogP contribution in [0.4, 0.5) is 0 Å². The number of hydrogen-bond donors (Lipinski definition) is 2. The topological polar surface area (TPSA) is 83.6 Å². The summed E-state index contributed by atoms with van der Waals surface area (Å²) in [5.41, 5.74) is 3.13. The summed E-state index contributed by atoms with van der Waals surface area (Å²) in [5.74, 6) is 0.907. The van der Waals surface area contributed by atoms with Crippen LogP contribution < -0.4 is 5.32 Å². The monoisotopic (exact) mass is 339 g/mol. The third-order valence-corrected chi connectivity index (χ3v) is 4.18. The summed E-state index contributed by atoms with van der Waals surface area (Å²) < 4.78 is 0. The van der Waals surface area contributed by atoms with E-state index in [4.69, 9.17) is 0 Å². The maximum atomic E-state index is 11.9. The van der Waals surface area contributed by atoms with Crippen LogP contribution in [-0.2, 0) is 11.3 Å². The lowest BCUT2D eigenvalue weighted by Crippen LogP contribution is -2.24. The van der Waals surface area contributed by atoms with Gasteiger partial charge in [0.25, 0.3) is 0 Å². The highest BCUT2D eigenvalue weighted by Crippen LogP contribution is 2.19. The third kappa shape index (κ3) is 4.42. The maximum absolute atomic E-state index is 11.9. The number of aromatic nitrogens is 4. The van der Waals surface area contributed by atoms with Crippen LogP contribution in [0.2, 0.25) is 0 Å². The van der Waals surface area contributed by atoms with Gasteiger partial charge in [0.05, 0.1) is 5.75 Å². The van der Waals surface area contributed by atoms with Gasteiger partial charge >= 0.3 is 0 Å². The van der Waals surface area contributed by atoms with Crippen molar-refractivity contribution in [1.29, 1.82) is 0 Å². The molecule has 0 fully saturated rings. The Balaban J connectivity index is 1.50. The first-order valence-corrected chi connectivity index (χ1v) is 8.47. The molecule has 6 nitrogen and oxygen atoms in total. The van der Waals surface area contributed by atoms with Gasteiger partial charge in [-0.05, 0) is 18.6 Å². The predicted molar refractivity (Wildman–Crippen MR) is 93.4 cm³/mol. The number of carbonyl (C=O) groups excluding carboxylic acids is 1. The van der Waals surface area contributed by atoms with Gasteiger partial charge in [-0.3, -0.25) is 14.9 Å².